The van der Waals surface area contributed by atoms with Gasteiger partial charge in [0.05, 0.1) is 11.2 Å². The third-order valence-electron chi connectivity index (χ3n) is 2.63. The van der Waals surface area contributed by atoms with Crippen molar-refractivity contribution >= 4 is 23.0 Å². The minimum absolute atomic E-state index is 0.970. The number of rotatable bonds is 2. The van der Waals surface area contributed by atoms with Crippen LogP contribution in [-0.4, -0.2) is 11.8 Å². The van der Waals surface area contributed by atoms with Crippen molar-refractivity contribution < 1.29 is 0 Å². The average molecular weight is 265 g/mol. The molecule has 0 spiro atoms. The quantitative estimate of drug-likeness (QED) is 0.445. The monoisotopic (exact) mass is 265 g/mol. The van der Waals surface area contributed by atoms with Gasteiger partial charge in [-0.25, -0.2) is 0 Å². The van der Waals surface area contributed by atoms with Gasteiger partial charge in [-0.15, -0.1) is 11.8 Å². The van der Waals surface area contributed by atoms with Gasteiger partial charge in [0.25, 0.3) is 0 Å². The van der Waals surface area contributed by atoms with Gasteiger partial charge < -0.3 is 0 Å². The normalized spacial score (nSPS) is 10.2. The third kappa shape index (κ3) is 4.01. The fourth-order valence-corrected chi connectivity index (χ4v) is 1.87. The molecule has 0 heterocycles. The van der Waals surface area contributed by atoms with Gasteiger partial charge in [-0.2, -0.15) is 0 Å². The van der Waals surface area contributed by atoms with Crippen LogP contribution in [0.15, 0.2) is 53.5 Å². The van der Waals surface area contributed by atoms with Crippen LogP contribution >= 0.6 is 11.8 Å². The van der Waals surface area contributed by atoms with E-state index < -0.39 is 0 Å². The highest BCUT2D eigenvalue weighted by Crippen LogP contribution is 2.17. The van der Waals surface area contributed by atoms with Gasteiger partial charge in [0.1, 0.15) is 0 Å². The predicted molar refractivity (Wildman–Crippen MR) is 85.3 cm³/mol. The third-order valence-corrected chi connectivity index (χ3v) is 2.95. The van der Waals surface area contributed by atoms with Crippen molar-refractivity contribution in [3.63, 3.8) is 0 Å². The molecular weight excluding hydrogens is 250 g/mol. The Balaban J connectivity index is 2.23. The highest BCUT2D eigenvalue weighted by molar-refractivity contribution is 8.11. The Labute approximate surface area is 118 Å². The van der Waals surface area contributed by atoms with E-state index in [4.69, 9.17) is 0 Å². The molecule has 0 saturated heterocycles. The molecule has 2 aromatic carbocycles. The van der Waals surface area contributed by atoms with E-state index in [9.17, 15) is 0 Å². The maximum absolute atomic E-state index is 4.33. The van der Waals surface area contributed by atoms with Crippen LogP contribution in [0.25, 0.3) is 0 Å². The van der Waals surface area contributed by atoms with Gasteiger partial charge in [0.2, 0.25) is 0 Å². The second-order valence-electron chi connectivity index (χ2n) is 4.09. The van der Waals surface area contributed by atoms with Crippen LogP contribution in [0.5, 0.6) is 0 Å². The molecule has 0 aliphatic rings. The summed E-state index contributed by atoms with van der Waals surface area (Å²) in [6.45, 7) is 2.06. The maximum atomic E-state index is 4.33. The molecule has 0 fully saturated rings. The summed E-state index contributed by atoms with van der Waals surface area (Å²) in [7, 11) is 0. The van der Waals surface area contributed by atoms with Crippen molar-refractivity contribution in [2.24, 2.45) is 4.99 Å². The van der Waals surface area contributed by atoms with Crippen LogP contribution in [0, 0.1) is 18.8 Å². The molecule has 19 heavy (non-hydrogen) atoms. The first-order valence-corrected chi connectivity index (χ1v) is 7.31. The molecule has 0 aliphatic carbocycles. The molecule has 0 radical (unpaired) electrons. The Hall–Kier alpha value is -1.98. The first-order chi connectivity index (χ1) is 9.29. The Morgan fingerprint density at radius 3 is 2.53 bits per heavy atom. The molecule has 0 saturated carbocycles. The predicted octanol–water partition coefficient (Wildman–Crippen LogP) is 4.42. The van der Waals surface area contributed by atoms with E-state index >= 15 is 0 Å². The SMILES string of the molecule is CS/C=N/c1ccc(C#Cc2ccccc2)c(C)c1. The van der Waals surface area contributed by atoms with Gasteiger partial charge in [-0.1, -0.05) is 30.0 Å². The molecule has 0 unspecified atom stereocenters. The number of aliphatic imine (C=N–C) groups is 1. The van der Waals surface area contributed by atoms with Gasteiger partial charge in [0.15, 0.2) is 0 Å². The topological polar surface area (TPSA) is 12.4 Å². The van der Waals surface area contributed by atoms with E-state index in [1.54, 1.807) is 11.8 Å². The summed E-state index contributed by atoms with van der Waals surface area (Å²) >= 11 is 1.59. The van der Waals surface area contributed by atoms with Crippen LogP contribution in [0.1, 0.15) is 16.7 Å². The van der Waals surface area contributed by atoms with Crippen molar-refractivity contribution in [2.75, 3.05) is 6.26 Å². The van der Waals surface area contributed by atoms with Gasteiger partial charge >= 0.3 is 0 Å². The van der Waals surface area contributed by atoms with Crippen molar-refractivity contribution in [1.29, 1.82) is 0 Å². The van der Waals surface area contributed by atoms with E-state index in [1.807, 2.05) is 54.3 Å². The largest absolute Gasteiger partial charge is 0.250 e. The summed E-state index contributed by atoms with van der Waals surface area (Å²) in [5.74, 6) is 6.38. The van der Waals surface area contributed by atoms with E-state index in [0.717, 1.165) is 22.4 Å². The second-order valence-corrected chi connectivity index (χ2v) is 4.77. The lowest BCUT2D eigenvalue weighted by molar-refractivity contribution is 1.41. The Kier molecular flexibility index (Phi) is 4.83. The molecule has 94 valence electrons. The lowest BCUT2D eigenvalue weighted by atomic mass is 10.1. The summed E-state index contributed by atoms with van der Waals surface area (Å²) < 4.78 is 0. The molecule has 1 nitrogen and oxygen atoms in total. The summed E-state index contributed by atoms with van der Waals surface area (Å²) in [6, 6.07) is 16.1. The Bertz CT molecular complexity index is 633. The number of thioether (sulfide) groups is 1. The zero-order chi connectivity index (χ0) is 13.5. The molecule has 0 aromatic heterocycles. The van der Waals surface area contributed by atoms with Gasteiger partial charge in [0, 0.05) is 11.1 Å². The second kappa shape index (κ2) is 6.82. The number of benzene rings is 2. The van der Waals surface area contributed by atoms with Crippen LogP contribution in [0.4, 0.5) is 5.69 Å². The minimum atomic E-state index is 0.970. The highest BCUT2D eigenvalue weighted by atomic mass is 32.2. The molecule has 2 heteroatoms. The van der Waals surface area contributed by atoms with E-state index in [-0.39, 0.29) is 0 Å². The van der Waals surface area contributed by atoms with E-state index in [1.165, 1.54) is 0 Å². The van der Waals surface area contributed by atoms with Crippen molar-refractivity contribution in [3.05, 3.63) is 65.2 Å². The summed E-state index contributed by atoms with van der Waals surface area (Å²) in [4.78, 5) is 4.33. The Morgan fingerprint density at radius 2 is 1.84 bits per heavy atom. The van der Waals surface area contributed by atoms with Crippen LogP contribution < -0.4 is 0 Å². The smallest absolute Gasteiger partial charge is 0.0639 e. The fourth-order valence-electron chi connectivity index (χ4n) is 1.64. The van der Waals surface area contributed by atoms with E-state index in [0.29, 0.717) is 0 Å². The molecule has 2 rings (SSSR count). The minimum Gasteiger partial charge on any atom is -0.250 e. The first kappa shape index (κ1) is 13.5. The maximum Gasteiger partial charge on any atom is 0.0639 e. The van der Waals surface area contributed by atoms with Gasteiger partial charge in [-0.3, -0.25) is 4.99 Å². The zero-order valence-electron chi connectivity index (χ0n) is 11.1. The zero-order valence-corrected chi connectivity index (χ0v) is 11.9. The number of aryl methyl sites for hydroxylation is 1. The average Bonchev–Trinajstić information content (AvgIpc) is 2.45. The number of nitrogens with zero attached hydrogens (tertiary/aromatic N) is 1. The van der Waals surface area contributed by atoms with Crippen LogP contribution in [0.3, 0.4) is 0 Å². The van der Waals surface area contributed by atoms with Gasteiger partial charge in [-0.05, 0) is 49.1 Å². The van der Waals surface area contributed by atoms with Crippen LogP contribution in [0.2, 0.25) is 0 Å². The summed E-state index contributed by atoms with van der Waals surface area (Å²) in [5, 5.41) is 0. The molecule has 0 amide bonds. The number of hydrogen-bond acceptors (Lipinski definition) is 2. The molecule has 0 aliphatic heterocycles. The molecular formula is C17H15NS. The standard InChI is InChI=1S/C17H15NS/c1-14-12-17(18-13-19-2)11-10-16(14)9-8-15-6-4-3-5-7-15/h3-7,10-13H,1-2H3/b18-13+. The van der Waals surface area contributed by atoms with Crippen molar-refractivity contribution in [1.82, 2.24) is 0 Å². The molecule has 0 atom stereocenters. The van der Waals surface area contributed by atoms with Crippen molar-refractivity contribution in [3.8, 4) is 11.8 Å². The molecule has 2 aromatic rings. The molecule has 0 bridgehead atoms. The summed E-state index contributed by atoms with van der Waals surface area (Å²) in [6.07, 6.45) is 2.00. The summed E-state index contributed by atoms with van der Waals surface area (Å²) in [5.41, 5.74) is 6.04. The Morgan fingerprint density at radius 1 is 1.05 bits per heavy atom. The lowest BCUT2D eigenvalue weighted by Crippen LogP contribution is -1.82. The lowest BCUT2D eigenvalue weighted by Gasteiger charge is -1.99. The van der Waals surface area contributed by atoms with E-state index in [2.05, 4.69) is 29.8 Å². The van der Waals surface area contributed by atoms with Crippen LogP contribution in [-0.2, 0) is 0 Å². The first-order valence-electron chi connectivity index (χ1n) is 6.02. The fraction of sp³-hybridized carbons (Fsp3) is 0.118. The highest BCUT2D eigenvalue weighted by Gasteiger charge is 1.96. The molecule has 0 N–H and O–H groups in total. The van der Waals surface area contributed by atoms with Crippen molar-refractivity contribution in [2.45, 2.75) is 6.92 Å². The number of hydrogen-bond donors (Lipinski definition) is 0.